The topological polar surface area (TPSA) is 66.6 Å². The van der Waals surface area contributed by atoms with Gasteiger partial charge in [-0.15, -0.1) is 0 Å². The first kappa shape index (κ1) is 11.9. The number of hydrogen-bond donors (Lipinski definition) is 2. The van der Waals surface area contributed by atoms with Crippen LogP contribution in [0, 0.1) is 17.8 Å². The summed E-state index contributed by atoms with van der Waals surface area (Å²) < 4.78 is 0. The minimum absolute atomic E-state index is 0.184. The van der Waals surface area contributed by atoms with Crippen LogP contribution in [0.1, 0.15) is 26.2 Å². The lowest BCUT2D eigenvalue weighted by atomic mass is 9.94. The normalized spacial score (nSPS) is 32.5. The number of nitrogens with zero attached hydrogens (tertiary/aromatic N) is 1. The second-order valence-electron chi connectivity index (χ2n) is 5.79. The summed E-state index contributed by atoms with van der Waals surface area (Å²) in [5.41, 5.74) is 5.02. The van der Waals surface area contributed by atoms with E-state index in [1.807, 2.05) is 7.05 Å². The number of hydrogen-bond acceptors (Lipinski definition) is 3. The van der Waals surface area contributed by atoms with Crippen LogP contribution in [0.5, 0.6) is 0 Å². The number of rotatable bonds is 6. The molecule has 4 heteroatoms. The van der Waals surface area contributed by atoms with Gasteiger partial charge in [0.2, 0.25) is 0 Å². The Morgan fingerprint density at radius 1 is 1.56 bits per heavy atom. The number of likely N-dealkylation sites (N-methyl/N-ethyl adjacent to an activating group) is 1. The Hall–Kier alpha value is -0.610. The highest BCUT2D eigenvalue weighted by atomic mass is 16.4. The van der Waals surface area contributed by atoms with Crippen LogP contribution < -0.4 is 5.73 Å². The van der Waals surface area contributed by atoms with E-state index < -0.39 is 11.5 Å². The van der Waals surface area contributed by atoms with Crippen LogP contribution in [0.2, 0.25) is 0 Å². The van der Waals surface area contributed by atoms with Crippen molar-refractivity contribution in [2.24, 2.45) is 23.5 Å². The van der Waals surface area contributed by atoms with Crippen LogP contribution in [0.15, 0.2) is 0 Å². The zero-order chi connectivity index (χ0) is 11.9. The Bertz CT molecular complexity index is 291. The van der Waals surface area contributed by atoms with Crippen LogP contribution in [0.3, 0.4) is 0 Å². The van der Waals surface area contributed by atoms with E-state index in [-0.39, 0.29) is 5.92 Å². The highest BCUT2D eigenvalue weighted by molar-refractivity contribution is 5.79. The minimum Gasteiger partial charge on any atom is -0.480 e. The van der Waals surface area contributed by atoms with E-state index in [4.69, 9.17) is 5.73 Å². The monoisotopic (exact) mass is 226 g/mol. The highest BCUT2D eigenvalue weighted by Gasteiger charge is 2.49. The standard InChI is InChI=1S/C12H22N2O2/c1-8-5-9(8)6-14(2)7-12(13,11(15)16)10-3-4-10/h8-10H,3-7,13H2,1-2H3,(H,15,16). The maximum Gasteiger partial charge on any atom is 0.325 e. The summed E-state index contributed by atoms with van der Waals surface area (Å²) in [6.45, 7) is 3.71. The molecule has 0 amide bonds. The van der Waals surface area contributed by atoms with Gasteiger partial charge in [0, 0.05) is 13.1 Å². The molecule has 0 aromatic rings. The van der Waals surface area contributed by atoms with Crippen molar-refractivity contribution in [3.63, 3.8) is 0 Å². The molecule has 2 rings (SSSR count). The lowest BCUT2D eigenvalue weighted by molar-refractivity contribution is -0.145. The van der Waals surface area contributed by atoms with Crippen molar-refractivity contribution in [3.05, 3.63) is 0 Å². The van der Waals surface area contributed by atoms with E-state index in [9.17, 15) is 9.90 Å². The van der Waals surface area contributed by atoms with Crippen LogP contribution in [-0.4, -0.2) is 41.7 Å². The third-order valence-corrected chi connectivity index (χ3v) is 4.06. The molecule has 0 radical (unpaired) electrons. The molecule has 0 heterocycles. The molecule has 2 saturated carbocycles. The summed E-state index contributed by atoms with van der Waals surface area (Å²) in [6, 6.07) is 0. The van der Waals surface area contributed by atoms with Gasteiger partial charge in [-0.2, -0.15) is 0 Å². The van der Waals surface area contributed by atoms with Gasteiger partial charge >= 0.3 is 5.97 Å². The number of nitrogens with two attached hydrogens (primary N) is 1. The molecule has 92 valence electrons. The molecule has 2 aliphatic carbocycles. The second kappa shape index (κ2) is 4.00. The molecule has 0 spiro atoms. The first-order valence-electron chi connectivity index (χ1n) is 6.14. The van der Waals surface area contributed by atoms with Gasteiger partial charge in [0.05, 0.1) is 0 Å². The number of carbonyl (C=O) groups is 1. The Kier molecular flexibility index (Phi) is 2.97. The van der Waals surface area contributed by atoms with E-state index >= 15 is 0 Å². The first-order chi connectivity index (χ1) is 7.43. The Balaban J connectivity index is 1.87. The van der Waals surface area contributed by atoms with Crippen molar-refractivity contribution >= 4 is 5.97 Å². The molecule has 0 saturated heterocycles. The number of carboxylic acid groups (broad SMARTS) is 1. The second-order valence-corrected chi connectivity index (χ2v) is 5.79. The van der Waals surface area contributed by atoms with Crippen LogP contribution in [-0.2, 0) is 4.79 Å². The summed E-state index contributed by atoms with van der Waals surface area (Å²) >= 11 is 0. The van der Waals surface area contributed by atoms with Crippen molar-refractivity contribution < 1.29 is 9.90 Å². The van der Waals surface area contributed by atoms with Crippen molar-refractivity contribution in [1.29, 1.82) is 0 Å². The third-order valence-electron chi connectivity index (χ3n) is 4.06. The molecule has 2 fully saturated rings. The molecule has 4 nitrogen and oxygen atoms in total. The molecular weight excluding hydrogens is 204 g/mol. The average Bonchev–Trinajstić information content (AvgIpc) is 3.02. The summed E-state index contributed by atoms with van der Waals surface area (Å²) in [7, 11) is 1.98. The molecule has 0 aliphatic heterocycles. The maximum absolute atomic E-state index is 11.3. The lowest BCUT2D eigenvalue weighted by Crippen LogP contribution is -2.57. The molecule has 0 bridgehead atoms. The van der Waals surface area contributed by atoms with Crippen molar-refractivity contribution in [1.82, 2.24) is 4.90 Å². The molecule has 16 heavy (non-hydrogen) atoms. The van der Waals surface area contributed by atoms with Crippen molar-refractivity contribution in [3.8, 4) is 0 Å². The number of aliphatic carboxylic acids is 1. The van der Waals surface area contributed by atoms with Gasteiger partial charge in [-0.3, -0.25) is 4.79 Å². The fourth-order valence-electron chi connectivity index (χ4n) is 2.53. The van der Waals surface area contributed by atoms with E-state index in [0.29, 0.717) is 6.54 Å². The summed E-state index contributed by atoms with van der Waals surface area (Å²) in [5, 5.41) is 9.24. The molecule has 3 unspecified atom stereocenters. The molecular formula is C12H22N2O2. The molecule has 0 aromatic heterocycles. The predicted molar refractivity (Wildman–Crippen MR) is 62.0 cm³/mol. The lowest BCUT2D eigenvalue weighted by Gasteiger charge is -2.30. The smallest absolute Gasteiger partial charge is 0.325 e. The maximum atomic E-state index is 11.3. The molecule has 2 aliphatic rings. The van der Waals surface area contributed by atoms with E-state index in [1.165, 1.54) is 6.42 Å². The van der Waals surface area contributed by atoms with Gasteiger partial charge in [-0.05, 0) is 44.1 Å². The predicted octanol–water partition coefficient (Wildman–Crippen LogP) is 0.766. The molecule has 3 atom stereocenters. The Morgan fingerprint density at radius 3 is 2.50 bits per heavy atom. The van der Waals surface area contributed by atoms with Crippen molar-refractivity contribution in [2.45, 2.75) is 31.7 Å². The fourth-order valence-corrected chi connectivity index (χ4v) is 2.53. The SMILES string of the molecule is CC1CC1CN(C)CC(N)(C(=O)O)C1CC1. The van der Waals surface area contributed by atoms with Gasteiger partial charge in [0.15, 0.2) is 0 Å². The fraction of sp³-hybridized carbons (Fsp3) is 0.917. The van der Waals surface area contributed by atoms with Gasteiger partial charge < -0.3 is 15.7 Å². The van der Waals surface area contributed by atoms with Gasteiger partial charge in [0.1, 0.15) is 5.54 Å². The molecule has 3 N–H and O–H groups in total. The zero-order valence-electron chi connectivity index (χ0n) is 10.1. The van der Waals surface area contributed by atoms with E-state index in [0.717, 1.165) is 31.2 Å². The van der Waals surface area contributed by atoms with E-state index in [2.05, 4.69) is 11.8 Å². The Morgan fingerprint density at radius 2 is 2.12 bits per heavy atom. The van der Waals surface area contributed by atoms with Crippen molar-refractivity contribution in [2.75, 3.05) is 20.1 Å². The van der Waals surface area contributed by atoms with Gasteiger partial charge in [-0.25, -0.2) is 0 Å². The summed E-state index contributed by atoms with van der Waals surface area (Å²) in [4.78, 5) is 13.4. The average molecular weight is 226 g/mol. The van der Waals surface area contributed by atoms with Crippen LogP contribution in [0.4, 0.5) is 0 Å². The van der Waals surface area contributed by atoms with E-state index in [1.54, 1.807) is 0 Å². The van der Waals surface area contributed by atoms with Gasteiger partial charge in [0.25, 0.3) is 0 Å². The Labute approximate surface area is 96.8 Å². The summed E-state index contributed by atoms with van der Waals surface area (Å²) in [6.07, 6.45) is 3.21. The largest absolute Gasteiger partial charge is 0.480 e. The minimum atomic E-state index is -1.02. The first-order valence-corrected chi connectivity index (χ1v) is 6.14. The quantitative estimate of drug-likeness (QED) is 0.702. The highest BCUT2D eigenvalue weighted by Crippen LogP contribution is 2.40. The third kappa shape index (κ3) is 2.38. The van der Waals surface area contributed by atoms with Crippen LogP contribution in [0.25, 0.3) is 0 Å². The van der Waals surface area contributed by atoms with Crippen LogP contribution >= 0.6 is 0 Å². The number of carboxylic acids is 1. The molecule has 0 aromatic carbocycles. The summed E-state index contributed by atoms with van der Waals surface area (Å²) in [5.74, 6) is 0.900. The van der Waals surface area contributed by atoms with Gasteiger partial charge in [-0.1, -0.05) is 6.92 Å². The zero-order valence-corrected chi connectivity index (χ0v) is 10.1.